The Morgan fingerprint density at radius 3 is 2.52 bits per heavy atom. The predicted octanol–water partition coefficient (Wildman–Crippen LogP) is 1.34. The maximum atomic E-state index is 12.1. The van der Waals surface area contributed by atoms with Gasteiger partial charge in [0.2, 0.25) is 5.91 Å². The number of nitrogens with zero attached hydrogens (tertiary/aromatic N) is 1. The smallest absolute Gasteiger partial charge is 0.326 e. The Balaban J connectivity index is 2.12. The molecule has 2 aromatic rings. The summed E-state index contributed by atoms with van der Waals surface area (Å²) in [7, 11) is 0. The van der Waals surface area contributed by atoms with Gasteiger partial charge in [0.1, 0.15) is 6.54 Å². The molecule has 0 saturated heterocycles. The minimum Gasteiger partial charge on any atom is -0.481 e. The third-order valence-electron chi connectivity index (χ3n) is 4.41. The Morgan fingerprint density at radius 1 is 1.26 bits per heavy atom. The highest BCUT2D eigenvalue weighted by Gasteiger charge is 2.35. The lowest BCUT2D eigenvalue weighted by Gasteiger charge is -2.26. The molecule has 1 aromatic carbocycles. The maximum absolute atomic E-state index is 12.1. The van der Waals surface area contributed by atoms with E-state index in [2.05, 4.69) is 10.3 Å². The number of imidazole rings is 1. The first-order chi connectivity index (χ1) is 10.9. The lowest BCUT2D eigenvalue weighted by molar-refractivity contribution is -0.149. The molecule has 0 spiro atoms. The molecule has 7 nitrogen and oxygen atoms in total. The molecular formula is C16H21N3O4. The third kappa shape index (κ3) is 3.28. The van der Waals surface area contributed by atoms with Gasteiger partial charge >= 0.3 is 11.7 Å². The van der Waals surface area contributed by atoms with E-state index < -0.39 is 11.4 Å². The highest BCUT2D eigenvalue weighted by atomic mass is 16.4. The van der Waals surface area contributed by atoms with Crippen molar-refractivity contribution in [2.45, 2.75) is 33.2 Å². The number of carbonyl (C=O) groups excluding carboxylic acids is 1. The van der Waals surface area contributed by atoms with Crippen LogP contribution in [0.15, 0.2) is 29.1 Å². The standard InChI is InChI=1S/C16H21N3O4/c1-3-16(4-2,14(21)22)10-17-13(20)9-19-12-8-6-5-7-11(12)18-15(19)23/h5-8H,3-4,9-10H2,1-2H3,(H,17,20)(H,18,23)(H,21,22). The zero-order valence-corrected chi connectivity index (χ0v) is 13.3. The largest absolute Gasteiger partial charge is 0.481 e. The van der Waals surface area contributed by atoms with Gasteiger partial charge in [-0.1, -0.05) is 26.0 Å². The Bertz CT molecular complexity index is 771. The minimum atomic E-state index is -0.971. The first-order valence-electron chi connectivity index (χ1n) is 7.61. The van der Waals surface area contributed by atoms with E-state index in [1.54, 1.807) is 38.1 Å². The number of hydrogen-bond donors (Lipinski definition) is 3. The number of carboxylic acid groups (broad SMARTS) is 1. The van der Waals surface area contributed by atoms with E-state index in [1.165, 1.54) is 4.57 Å². The first-order valence-corrected chi connectivity index (χ1v) is 7.61. The van der Waals surface area contributed by atoms with Gasteiger partial charge in [-0.25, -0.2) is 4.79 Å². The molecule has 0 atom stereocenters. The summed E-state index contributed by atoms with van der Waals surface area (Å²) in [6.45, 7) is 3.47. The molecule has 1 heterocycles. The summed E-state index contributed by atoms with van der Waals surface area (Å²) in [6, 6.07) is 7.09. The van der Waals surface area contributed by atoms with Crippen LogP contribution in [-0.4, -0.2) is 33.1 Å². The van der Waals surface area contributed by atoms with Gasteiger partial charge in [-0.15, -0.1) is 0 Å². The fourth-order valence-electron chi connectivity index (χ4n) is 2.61. The van der Waals surface area contributed by atoms with Crippen LogP contribution in [0.1, 0.15) is 26.7 Å². The summed E-state index contributed by atoms with van der Waals surface area (Å²) in [5.74, 6) is -1.31. The summed E-state index contributed by atoms with van der Waals surface area (Å²) in [4.78, 5) is 38.2. The monoisotopic (exact) mass is 319 g/mol. The zero-order chi connectivity index (χ0) is 17.0. The van der Waals surface area contributed by atoms with Gasteiger partial charge in [-0.3, -0.25) is 14.2 Å². The molecule has 0 aliphatic heterocycles. The SMILES string of the molecule is CCC(CC)(CNC(=O)Cn1c(=O)[nH]c2ccccc21)C(=O)O. The Hall–Kier alpha value is -2.57. The van der Waals surface area contributed by atoms with Gasteiger partial charge in [0.05, 0.1) is 16.4 Å². The number of H-pyrrole nitrogens is 1. The van der Waals surface area contributed by atoms with Gasteiger partial charge < -0.3 is 15.4 Å². The van der Waals surface area contributed by atoms with Gasteiger partial charge in [0.25, 0.3) is 0 Å². The van der Waals surface area contributed by atoms with Crippen molar-refractivity contribution in [3.63, 3.8) is 0 Å². The van der Waals surface area contributed by atoms with Crippen LogP contribution in [0.3, 0.4) is 0 Å². The van der Waals surface area contributed by atoms with Crippen LogP contribution in [0.5, 0.6) is 0 Å². The van der Waals surface area contributed by atoms with Crippen molar-refractivity contribution in [3.8, 4) is 0 Å². The van der Waals surface area contributed by atoms with E-state index in [1.807, 2.05) is 0 Å². The van der Waals surface area contributed by atoms with E-state index in [0.717, 1.165) is 0 Å². The molecule has 23 heavy (non-hydrogen) atoms. The van der Waals surface area contributed by atoms with Crippen LogP contribution < -0.4 is 11.0 Å². The van der Waals surface area contributed by atoms with Crippen LogP contribution >= 0.6 is 0 Å². The number of carboxylic acids is 1. The number of fused-ring (bicyclic) bond motifs is 1. The number of aliphatic carboxylic acids is 1. The molecule has 124 valence electrons. The lowest BCUT2D eigenvalue weighted by atomic mass is 9.82. The second-order valence-corrected chi connectivity index (χ2v) is 5.60. The molecule has 0 bridgehead atoms. The Kier molecular flexibility index (Phi) is 4.88. The fraction of sp³-hybridized carbons (Fsp3) is 0.438. The van der Waals surface area contributed by atoms with Gasteiger partial charge in [0.15, 0.2) is 0 Å². The van der Waals surface area contributed by atoms with Crippen LogP contribution in [0.4, 0.5) is 0 Å². The second kappa shape index (κ2) is 6.68. The van der Waals surface area contributed by atoms with Crippen LogP contribution in [0.25, 0.3) is 11.0 Å². The van der Waals surface area contributed by atoms with Gasteiger partial charge in [0, 0.05) is 6.54 Å². The average Bonchev–Trinajstić information content (AvgIpc) is 2.84. The molecule has 0 unspecified atom stereocenters. The predicted molar refractivity (Wildman–Crippen MR) is 86.2 cm³/mol. The number of carbonyl (C=O) groups is 2. The maximum Gasteiger partial charge on any atom is 0.326 e. The summed E-state index contributed by atoms with van der Waals surface area (Å²) in [5.41, 5.74) is -0.0341. The van der Waals surface area contributed by atoms with Crippen LogP contribution in [0.2, 0.25) is 0 Å². The van der Waals surface area contributed by atoms with E-state index >= 15 is 0 Å². The number of rotatable bonds is 7. The molecular weight excluding hydrogens is 298 g/mol. The normalized spacial score (nSPS) is 11.6. The Morgan fingerprint density at radius 2 is 1.91 bits per heavy atom. The van der Waals surface area contributed by atoms with Crippen molar-refractivity contribution < 1.29 is 14.7 Å². The molecule has 1 amide bonds. The first kappa shape index (κ1) is 16.8. The highest BCUT2D eigenvalue weighted by Crippen LogP contribution is 2.25. The van der Waals surface area contributed by atoms with Gasteiger partial charge in [-0.2, -0.15) is 0 Å². The van der Waals surface area contributed by atoms with E-state index in [9.17, 15) is 19.5 Å². The van der Waals surface area contributed by atoms with Crippen molar-refractivity contribution in [1.29, 1.82) is 0 Å². The van der Waals surface area contributed by atoms with Crippen LogP contribution in [0, 0.1) is 5.41 Å². The summed E-state index contributed by atoms with van der Waals surface area (Å²) >= 11 is 0. The van der Waals surface area contributed by atoms with E-state index in [4.69, 9.17) is 0 Å². The van der Waals surface area contributed by atoms with Crippen molar-refractivity contribution in [1.82, 2.24) is 14.9 Å². The average molecular weight is 319 g/mol. The number of hydrogen-bond acceptors (Lipinski definition) is 3. The number of amides is 1. The molecule has 0 radical (unpaired) electrons. The lowest BCUT2D eigenvalue weighted by Crippen LogP contribution is -2.43. The molecule has 0 saturated carbocycles. The number of benzene rings is 1. The number of aromatic amines is 1. The minimum absolute atomic E-state index is 0.0469. The van der Waals surface area contributed by atoms with Crippen molar-refractivity contribution in [2.24, 2.45) is 5.41 Å². The summed E-state index contributed by atoms with van der Waals surface area (Å²) in [6.07, 6.45) is 0.846. The molecule has 0 aliphatic carbocycles. The van der Waals surface area contributed by atoms with Crippen molar-refractivity contribution >= 4 is 22.9 Å². The van der Waals surface area contributed by atoms with Crippen molar-refractivity contribution in [2.75, 3.05) is 6.54 Å². The van der Waals surface area contributed by atoms with E-state index in [0.29, 0.717) is 23.9 Å². The topological polar surface area (TPSA) is 104 Å². The fourth-order valence-corrected chi connectivity index (χ4v) is 2.61. The van der Waals surface area contributed by atoms with Crippen LogP contribution in [-0.2, 0) is 16.1 Å². The van der Waals surface area contributed by atoms with Gasteiger partial charge in [-0.05, 0) is 25.0 Å². The molecule has 0 fully saturated rings. The molecule has 2 rings (SSSR count). The zero-order valence-electron chi connectivity index (χ0n) is 13.3. The molecule has 1 aromatic heterocycles. The Labute approximate surface area is 133 Å². The van der Waals surface area contributed by atoms with Crippen molar-refractivity contribution in [3.05, 3.63) is 34.7 Å². The second-order valence-electron chi connectivity index (χ2n) is 5.60. The third-order valence-corrected chi connectivity index (χ3v) is 4.41. The quantitative estimate of drug-likeness (QED) is 0.716. The number of para-hydroxylation sites is 2. The van der Waals surface area contributed by atoms with E-state index in [-0.39, 0.29) is 24.7 Å². The molecule has 0 aliphatic rings. The highest BCUT2D eigenvalue weighted by molar-refractivity contribution is 5.81. The summed E-state index contributed by atoms with van der Waals surface area (Å²) < 4.78 is 1.34. The molecule has 3 N–H and O–H groups in total. The summed E-state index contributed by atoms with van der Waals surface area (Å²) in [5, 5.41) is 12.0. The number of nitrogens with one attached hydrogen (secondary N) is 2. The molecule has 7 heteroatoms. The number of aromatic nitrogens is 2.